The van der Waals surface area contributed by atoms with Crippen LogP contribution in [0, 0.1) is 12.3 Å². The number of rotatable bonds is 5. The Morgan fingerprint density at radius 3 is 2.61 bits per heavy atom. The van der Waals surface area contributed by atoms with E-state index in [1.54, 1.807) is 6.07 Å². The number of imide groups is 1. The van der Waals surface area contributed by atoms with Crippen LogP contribution in [0.5, 0.6) is 0 Å². The molecule has 1 heterocycles. The Balaban J connectivity index is 2.03. The van der Waals surface area contributed by atoms with Gasteiger partial charge in [0.25, 0.3) is 5.91 Å². The SMILES string of the molecule is C#CCNC(=O)COC(=O)c1cccc(N2C(=O)CCC2=O)c1. The number of esters is 1. The van der Waals surface area contributed by atoms with Gasteiger partial charge in [0.1, 0.15) is 0 Å². The average Bonchev–Trinajstić information content (AvgIpc) is 2.89. The highest BCUT2D eigenvalue weighted by molar-refractivity contribution is 6.20. The van der Waals surface area contributed by atoms with Gasteiger partial charge < -0.3 is 10.1 Å². The summed E-state index contributed by atoms with van der Waals surface area (Å²) >= 11 is 0. The molecule has 1 aromatic carbocycles. The van der Waals surface area contributed by atoms with E-state index in [4.69, 9.17) is 11.2 Å². The molecule has 0 unspecified atom stereocenters. The number of carbonyl (C=O) groups excluding carboxylic acids is 4. The first-order valence-electron chi connectivity index (χ1n) is 6.86. The van der Waals surface area contributed by atoms with Crippen LogP contribution in [0.1, 0.15) is 23.2 Å². The van der Waals surface area contributed by atoms with Crippen molar-refractivity contribution < 1.29 is 23.9 Å². The van der Waals surface area contributed by atoms with Crippen molar-refractivity contribution in [1.29, 1.82) is 0 Å². The Bertz CT molecular complexity index is 689. The van der Waals surface area contributed by atoms with Crippen LogP contribution in [0.25, 0.3) is 0 Å². The lowest BCUT2D eigenvalue weighted by Crippen LogP contribution is -2.29. The predicted octanol–water partition coefficient (Wildman–Crippen LogP) is 0.246. The molecule has 1 saturated heterocycles. The lowest BCUT2D eigenvalue weighted by Gasteiger charge is -2.14. The number of nitrogens with one attached hydrogen (secondary N) is 1. The lowest BCUT2D eigenvalue weighted by atomic mass is 10.2. The van der Waals surface area contributed by atoms with Crippen LogP contribution in [0.4, 0.5) is 5.69 Å². The van der Waals surface area contributed by atoms with Gasteiger partial charge in [-0.15, -0.1) is 6.42 Å². The Labute approximate surface area is 132 Å². The van der Waals surface area contributed by atoms with Crippen molar-refractivity contribution >= 4 is 29.4 Å². The van der Waals surface area contributed by atoms with Crippen LogP contribution in [0.15, 0.2) is 24.3 Å². The Kier molecular flexibility index (Phi) is 5.10. The normalized spacial score (nSPS) is 13.6. The summed E-state index contributed by atoms with van der Waals surface area (Å²) in [5.41, 5.74) is 0.448. The molecular formula is C16H14N2O5. The standard InChI is InChI=1S/C16H14N2O5/c1-2-8-17-13(19)10-23-16(22)11-4-3-5-12(9-11)18-14(20)6-7-15(18)21/h1,3-5,9H,6-8,10H2,(H,17,19). The summed E-state index contributed by atoms with van der Waals surface area (Å²) in [4.78, 5) is 47.7. The summed E-state index contributed by atoms with van der Waals surface area (Å²) in [6, 6.07) is 5.93. The second-order valence-corrected chi connectivity index (χ2v) is 4.73. The van der Waals surface area contributed by atoms with E-state index in [1.165, 1.54) is 18.2 Å². The second kappa shape index (κ2) is 7.22. The topological polar surface area (TPSA) is 92.8 Å². The highest BCUT2D eigenvalue weighted by Gasteiger charge is 2.30. The number of hydrogen-bond donors (Lipinski definition) is 1. The zero-order valence-corrected chi connectivity index (χ0v) is 12.2. The first-order chi connectivity index (χ1) is 11.0. The van der Waals surface area contributed by atoms with E-state index < -0.39 is 18.5 Å². The smallest absolute Gasteiger partial charge is 0.338 e. The molecule has 0 aliphatic carbocycles. The number of hydrogen-bond acceptors (Lipinski definition) is 5. The van der Waals surface area contributed by atoms with Crippen molar-refractivity contribution in [3.8, 4) is 12.3 Å². The summed E-state index contributed by atoms with van der Waals surface area (Å²) in [7, 11) is 0. The number of terminal acetylenes is 1. The number of benzene rings is 1. The molecule has 7 heteroatoms. The first kappa shape index (κ1) is 16.2. The van der Waals surface area contributed by atoms with Gasteiger partial charge in [-0.25, -0.2) is 4.79 Å². The Morgan fingerprint density at radius 2 is 1.96 bits per heavy atom. The fourth-order valence-electron chi connectivity index (χ4n) is 2.05. The molecule has 3 amide bonds. The second-order valence-electron chi connectivity index (χ2n) is 4.73. The quantitative estimate of drug-likeness (QED) is 0.478. The molecule has 0 atom stereocenters. The Morgan fingerprint density at radius 1 is 1.26 bits per heavy atom. The number of ether oxygens (including phenoxy) is 1. The van der Waals surface area contributed by atoms with Crippen LogP contribution in [0.2, 0.25) is 0 Å². The molecule has 1 aromatic rings. The largest absolute Gasteiger partial charge is 0.452 e. The van der Waals surface area contributed by atoms with Gasteiger partial charge in [0, 0.05) is 12.8 Å². The van der Waals surface area contributed by atoms with Crippen molar-refractivity contribution in [3.05, 3.63) is 29.8 Å². The summed E-state index contributed by atoms with van der Waals surface area (Å²) in [6.45, 7) is -0.419. The highest BCUT2D eigenvalue weighted by Crippen LogP contribution is 2.23. The fourth-order valence-corrected chi connectivity index (χ4v) is 2.05. The maximum atomic E-state index is 11.9. The summed E-state index contributed by atoms with van der Waals surface area (Å²) in [5, 5.41) is 2.36. The van der Waals surface area contributed by atoms with E-state index >= 15 is 0 Å². The lowest BCUT2D eigenvalue weighted by molar-refractivity contribution is -0.124. The third kappa shape index (κ3) is 3.95. The minimum Gasteiger partial charge on any atom is -0.452 e. The van der Waals surface area contributed by atoms with Crippen molar-refractivity contribution in [1.82, 2.24) is 5.32 Å². The molecule has 1 fully saturated rings. The zero-order chi connectivity index (χ0) is 16.8. The third-order valence-corrected chi connectivity index (χ3v) is 3.11. The van der Waals surface area contributed by atoms with Gasteiger partial charge in [0.05, 0.1) is 17.8 Å². The van der Waals surface area contributed by atoms with Crippen molar-refractivity contribution in [2.75, 3.05) is 18.1 Å². The minimum atomic E-state index is -0.734. The molecule has 1 aliphatic heterocycles. The molecule has 2 rings (SSSR count). The molecule has 23 heavy (non-hydrogen) atoms. The Hall–Kier alpha value is -3.14. The van der Waals surface area contributed by atoms with Crippen LogP contribution < -0.4 is 10.2 Å². The average molecular weight is 314 g/mol. The van der Waals surface area contributed by atoms with Crippen molar-refractivity contribution in [2.24, 2.45) is 0 Å². The number of carbonyl (C=O) groups is 4. The number of amides is 3. The summed E-state index contributed by atoms with van der Waals surface area (Å²) in [6.07, 6.45) is 5.30. The van der Waals surface area contributed by atoms with E-state index in [-0.39, 0.29) is 36.8 Å². The summed E-state index contributed by atoms with van der Waals surface area (Å²) in [5.74, 6) is 0.350. The summed E-state index contributed by atoms with van der Waals surface area (Å²) < 4.78 is 4.85. The van der Waals surface area contributed by atoms with E-state index in [9.17, 15) is 19.2 Å². The molecule has 118 valence electrons. The van der Waals surface area contributed by atoms with E-state index in [2.05, 4.69) is 11.2 Å². The number of anilines is 1. The van der Waals surface area contributed by atoms with Crippen molar-refractivity contribution in [2.45, 2.75) is 12.8 Å². The molecule has 0 saturated carbocycles. The van der Waals surface area contributed by atoms with Gasteiger partial charge in [-0.2, -0.15) is 0 Å². The van der Waals surface area contributed by atoms with E-state index in [0.717, 1.165) is 4.90 Å². The maximum absolute atomic E-state index is 11.9. The molecular weight excluding hydrogens is 300 g/mol. The zero-order valence-electron chi connectivity index (χ0n) is 12.2. The maximum Gasteiger partial charge on any atom is 0.338 e. The van der Waals surface area contributed by atoms with Crippen LogP contribution in [0.3, 0.4) is 0 Å². The fraction of sp³-hybridized carbons (Fsp3) is 0.250. The number of nitrogens with zero attached hydrogens (tertiary/aromatic N) is 1. The van der Waals surface area contributed by atoms with Crippen molar-refractivity contribution in [3.63, 3.8) is 0 Å². The predicted molar refractivity (Wildman–Crippen MR) is 80.3 cm³/mol. The van der Waals surface area contributed by atoms with Gasteiger partial charge in [-0.3, -0.25) is 19.3 Å². The van der Waals surface area contributed by atoms with Gasteiger partial charge in [-0.1, -0.05) is 12.0 Å². The van der Waals surface area contributed by atoms with Gasteiger partial charge in [0.2, 0.25) is 11.8 Å². The molecule has 7 nitrogen and oxygen atoms in total. The molecule has 0 aromatic heterocycles. The monoisotopic (exact) mass is 314 g/mol. The third-order valence-electron chi connectivity index (χ3n) is 3.11. The van der Waals surface area contributed by atoms with Crippen LogP contribution in [-0.4, -0.2) is 36.8 Å². The van der Waals surface area contributed by atoms with E-state index in [0.29, 0.717) is 5.69 Å². The molecule has 0 spiro atoms. The van der Waals surface area contributed by atoms with Gasteiger partial charge >= 0.3 is 5.97 Å². The molecule has 0 radical (unpaired) electrons. The van der Waals surface area contributed by atoms with Gasteiger partial charge in [0.15, 0.2) is 6.61 Å². The minimum absolute atomic E-state index is 0.0467. The van der Waals surface area contributed by atoms with Gasteiger partial charge in [-0.05, 0) is 18.2 Å². The van der Waals surface area contributed by atoms with Crippen LogP contribution >= 0.6 is 0 Å². The molecule has 1 N–H and O–H groups in total. The molecule has 0 bridgehead atoms. The molecule has 1 aliphatic rings. The highest BCUT2D eigenvalue weighted by atomic mass is 16.5. The first-order valence-corrected chi connectivity index (χ1v) is 6.86. The van der Waals surface area contributed by atoms with Crippen LogP contribution in [-0.2, 0) is 19.1 Å². The van der Waals surface area contributed by atoms with E-state index in [1.807, 2.05) is 0 Å².